The normalized spacial score (nSPS) is 10.8. The molecule has 0 fully saturated rings. The minimum absolute atomic E-state index is 0.189. The molecule has 2 aromatic rings. The van der Waals surface area contributed by atoms with Gasteiger partial charge in [0.15, 0.2) is 0 Å². The van der Waals surface area contributed by atoms with Gasteiger partial charge in [-0.15, -0.1) is 11.8 Å². The molecule has 0 bridgehead atoms. The topological polar surface area (TPSA) is 32.3 Å². The molecular formula is C17H18ClFN2OS. The molecule has 0 spiro atoms. The Morgan fingerprint density at radius 2 is 1.96 bits per heavy atom. The van der Waals surface area contributed by atoms with Gasteiger partial charge < -0.3 is 5.32 Å². The van der Waals surface area contributed by atoms with Crippen molar-refractivity contribution in [3.63, 3.8) is 0 Å². The van der Waals surface area contributed by atoms with Crippen LogP contribution in [0.25, 0.3) is 0 Å². The van der Waals surface area contributed by atoms with E-state index in [1.807, 2.05) is 18.2 Å². The first-order valence-corrected chi connectivity index (χ1v) is 8.64. The van der Waals surface area contributed by atoms with E-state index in [9.17, 15) is 9.18 Å². The molecule has 1 amide bonds. The zero-order valence-corrected chi connectivity index (χ0v) is 14.5. The van der Waals surface area contributed by atoms with Crippen molar-refractivity contribution in [1.29, 1.82) is 0 Å². The highest BCUT2D eigenvalue weighted by atomic mass is 35.5. The maximum atomic E-state index is 13.0. The Morgan fingerprint density at radius 1 is 1.26 bits per heavy atom. The van der Waals surface area contributed by atoms with E-state index in [2.05, 4.69) is 29.6 Å². The summed E-state index contributed by atoms with van der Waals surface area (Å²) < 4.78 is 13.0. The molecule has 2 rings (SSSR count). The number of nitrogens with zero attached hydrogens (tertiary/aromatic N) is 1. The van der Waals surface area contributed by atoms with E-state index in [0.29, 0.717) is 12.2 Å². The van der Waals surface area contributed by atoms with Gasteiger partial charge in [0.05, 0.1) is 17.3 Å². The zero-order chi connectivity index (χ0) is 16.8. The summed E-state index contributed by atoms with van der Waals surface area (Å²) in [5.74, 6) is -0.624. The minimum Gasteiger partial charge on any atom is -0.324 e. The Morgan fingerprint density at radius 3 is 2.57 bits per heavy atom. The Kier molecular flexibility index (Phi) is 6.45. The summed E-state index contributed by atoms with van der Waals surface area (Å²) in [6.45, 7) is 0.886. The van der Waals surface area contributed by atoms with E-state index in [0.717, 1.165) is 5.56 Å². The fourth-order valence-corrected chi connectivity index (χ4v) is 2.75. The molecule has 0 aliphatic carbocycles. The van der Waals surface area contributed by atoms with E-state index in [1.165, 1.54) is 23.1 Å². The van der Waals surface area contributed by atoms with Gasteiger partial charge >= 0.3 is 0 Å². The first kappa shape index (κ1) is 17.8. The summed E-state index contributed by atoms with van der Waals surface area (Å²) in [6.07, 6.45) is 2.03. The number of nitrogens with one attached hydrogen (secondary N) is 1. The summed E-state index contributed by atoms with van der Waals surface area (Å²) >= 11 is 7.59. The van der Waals surface area contributed by atoms with Crippen LogP contribution < -0.4 is 5.32 Å². The number of halogens is 2. The minimum atomic E-state index is -0.432. The molecule has 0 aliphatic rings. The van der Waals surface area contributed by atoms with E-state index >= 15 is 0 Å². The fraction of sp³-hybridized carbons (Fsp3) is 0.235. The molecule has 0 radical (unpaired) electrons. The van der Waals surface area contributed by atoms with Crippen molar-refractivity contribution >= 4 is 35.0 Å². The van der Waals surface area contributed by atoms with E-state index in [1.54, 1.807) is 11.8 Å². The third-order valence-corrected chi connectivity index (χ3v) is 4.29. The summed E-state index contributed by atoms with van der Waals surface area (Å²) in [7, 11) is 1.87. The van der Waals surface area contributed by atoms with Gasteiger partial charge in [-0.25, -0.2) is 4.39 Å². The lowest BCUT2D eigenvalue weighted by Gasteiger charge is -2.17. The lowest BCUT2D eigenvalue weighted by Crippen LogP contribution is -2.29. The fourth-order valence-electron chi connectivity index (χ4n) is 2.12. The number of hydrogen-bond acceptors (Lipinski definition) is 3. The standard InChI is InChI=1S/C17H18ClFN2OS/c1-21(10-12-3-6-14(23-2)7-4-12)11-17(22)20-16-8-5-13(19)9-15(16)18/h3-9H,10-11H2,1-2H3,(H,20,22). The van der Waals surface area contributed by atoms with Crippen LogP contribution in [0.15, 0.2) is 47.4 Å². The Labute approximate surface area is 144 Å². The number of anilines is 1. The molecule has 0 heterocycles. The maximum Gasteiger partial charge on any atom is 0.238 e. The number of carbonyl (C=O) groups is 1. The Hall–Kier alpha value is -1.56. The van der Waals surface area contributed by atoms with E-state index < -0.39 is 5.82 Å². The maximum absolute atomic E-state index is 13.0. The van der Waals surface area contributed by atoms with E-state index in [4.69, 9.17) is 11.6 Å². The lowest BCUT2D eigenvalue weighted by atomic mass is 10.2. The molecule has 6 heteroatoms. The summed E-state index contributed by atoms with van der Waals surface area (Å²) in [5.41, 5.74) is 1.55. The Balaban J connectivity index is 1.88. The quantitative estimate of drug-likeness (QED) is 0.788. The van der Waals surface area contributed by atoms with Crippen molar-refractivity contribution in [1.82, 2.24) is 4.90 Å². The molecule has 0 unspecified atom stereocenters. The average molecular weight is 353 g/mol. The summed E-state index contributed by atoms with van der Waals surface area (Å²) in [4.78, 5) is 15.2. The van der Waals surface area contributed by atoms with Crippen LogP contribution in [0.2, 0.25) is 5.02 Å². The highest BCUT2D eigenvalue weighted by Crippen LogP contribution is 2.22. The molecule has 0 saturated heterocycles. The molecule has 122 valence electrons. The number of carbonyl (C=O) groups excluding carboxylic acids is 1. The molecule has 23 heavy (non-hydrogen) atoms. The highest BCUT2D eigenvalue weighted by molar-refractivity contribution is 7.98. The number of benzene rings is 2. The molecule has 2 aromatic carbocycles. The molecule has 0 saturated carbocycles. The second-order valence-corrected chi connectivity index (χ2v) is 6.48. The second-order valence-electron chi connectivity index (χ2n) is 5.19. The van der Waals surface area contributed by atoms with Gasteiger partial charge in [0.2, 0.25) is 5.91 Å². The van der Waals surface area contributed by atoms with Crippen LogP contribution in [0.5, 0.6) is 0 Å². The van der Waals surface area contributed by atoms with Gasteiger partial charge in [-0.1, -0.05) is 23.7 Å². The van der Waals surface area contributed by atoms with Crippen molar-refractivity contribution in [3.05, 3.63) is 58.9 Å². The van der Waals surface area contributed by atoms with Gasteiger partial charge in [0.1, 0.15) is 5.82 Å². The summed E-state index contributed by atoms with van der Waals surface area (Å²) in [5, 5.41) is 2.88. The number of thioether (sulfide) groups is 1. The Bertz CT molecular complexity index is 679. The van der Waals surface area contributed by atoms with Crippen LogP contribution in [0.3, 0.4) is 0 Å². The lowest BCUT2D eigenvalue weighted by molar-refractivity contribution is -0.117. The summed E-state index contributed by atoms with van der Waals surface area (Å²) in [6, 6.07) is 12.1. The number of hydrogen-bond donors (Lipinski definition) is 1. The largest absolute Gasteiger partial charge is 0.324 e. The monoisotopic (exact) mass is 352 g/mol. The van der Waals surface area contributed by atoms with Crippen LogP contribution in [-0.2, 0) is 11.3 Å². The molecular weight excluding hydrogens is 335 g/mol. The molecule has 1 N–H and O–H groups in total. The molecule has 0 atom stereocenters. The third-order valence-electron chi connectivity index (χ3n) is 3.23. The van der Waals surface area contributed by atoms with Crippen LogP contribution >= 0.6 is 23.4 Å². The number of rotatable bonds is 6. The first-order chi connectivity index (χ1) is 11.0. The predicted octanol–water partition coefficient (Wildman–Crippen LogP) is 4.27. The van der Waals surface area contributed by atoms with Crippen molar-refractivity contribution in [3.8, 4) is 0 Å². The smallest absolute Gasteiger partial charge is 0.238 e. The second kappa shape index (κ2) is 8.34. The van der Waals surface area contributed by atoms with Crippen molar-refractivity contribution in [2.24, 2.45) is 0 Å². The zero-order valence-electron chi connectivity index (χ0n) is 13.0. The molecule has 0 aliphatic heterocycles. The van der Waals surface area contributed by atoms with Gasteiger partial charge in [-0.05, 0) is 49.2 Å². The SMILES string of the molecule is CSc1ccc(CN(C)CC(=O)Nc2ccc(F)cc2Cl)cc1. The van der Waals surface area contributed by atoms with Crippen LogP contribution in [0.1, 0.15) is 5.56 Å². The number of likely N-dealkylation sites (N-methyl/N-ethyl adjacent to an activating group) is 1. The third kappa shape index (κ3) is 5.53. The molecule has 3 nitrogen and oxygen atoms in total. The van der Waals surface area contributed by atoms with Crippen molar-refractivity contribution < 1.29 is 9.18 Å². The van der Waals surface area contributed by atoms with Crippen LogP contribution in [0, 0.1) is 5.82 Å². The van der Waals surface area contributed by atoms with Crippen LogP contribution in [-0.4, -0.2) is 30.7 Å². The molecule has 0 aromatic heterocycles. The predicted molar refractivity (Wildman–Crippen MR) is 94.6 cm³/mol. The highest BCUT2D eigenvalue weighted by Gasteiger charge is 2.10. The number of amides is 1. The average Bonchev–Trinajstić information content (AvgIpc) is 2.50. The van der Waals surface area contributed by atoms with E-state index in [-0.39, 0.29) is 17.5 Å². The van der Waals surface area contributed by atoms with Gasteiger partial charge in [0.25, 0.3) is 0 Å². The first-order valence-electron chi connectivity index (χ1n) is 7.04. The van der Waals surface area contributed by atoms with Crippen LogP contribution in [0.4, 0.5) is 10.1 Å². The van der Waals surface area contributed by atoms with Gasteiger partial charge in [0, 0.05) is 11.4 Å². The van der Waals surface area contributed by atoms with Gasteiger partial charge in [-0.2, -0.15) is 0 Å². The van der Waals surface area contributed by atoms with Crippen molar-refractivity contribution in [2.45, 2.75) is 11.4 Å². The van der Waals surface area contributed by atoms with Crippen molar-refractivity contribution in [2.75, 3.05) is 25.2 Å². The van der Waals surface area contributed by atoms with Gasteiger partial charge in [-0.3, -0.25) is 9.69 Å².